The lowest BCUT2D eigenvalue weighted by molar-refractivity contribution is -0.141. The first-order valence-corrected chi connectivity index (χ1v) is 5.68. The van der Waals surface area contributed by atoms with Crippen LogP contribution >= 0.6 is 0 Å². The fourth-order valence-corrected chi connectivity index (χ4v) is 1.79. The molecular formula is C13H11F3N2O2. The van der Waals surface area contributed by atoms with Crippen LogP contribution in [-0.2, 0) is 17.3 Å². The maximum atomic E-state index is 12.7. The highest BCUT2D eigenvalue weighted by Crippen LogP contribution is 2.31. The topological polar surface area (TPSA) is 55.0 Å². The van der Waals surface area contributed by atoms with Gasteiger partial charge in [-0.1, -0.05) is 12.1 Å². The van der Waals surface area contributed by atoms with E-state index in [0.29, 0.717) is 11.1 Å². The van der Waals surface area contributed by atoms with Gasteiger partial charge in [0, 0.05) is 12.0 Å². The summed E-state index contributed by atoms with van der Waals surface area (Å²) in [5, 5.41) is 5.38. The van der Waals surface area contributed by atoms with E-state index in [1.807, 2.05) is 5.10 Å². The molecule has 7 heteroatoms. The summed E-state index contributed by atoms with van der Waals surface area (Å²) in [5.41, 5.74) is 0.196. The lowest BCUT2D eigenvalue weighted by atomic mass is 10.0. The molecule has 0 bridgehead atoms. The number of esters is 1. The minimum absolute atomic E-state index is 0.0586. The lowest BCUT2D eigenvalue weighted by Crippen LogP contribution is -2.09. The van der Waals surface area contributed by atoms with E-state index in [1.54, 1.807) is 12.1 Å². The lowest BCUT2D eigenvalue weighted by Gasteiger charge is -2.07. The van der Waals surface area contributed by atoms with Gasteiger partial charge in [-0.05, 0) is 17.7 Å². The summed E-state index contributed by atoms with van der Waals surface area (Å²) < 4.78 is 42.5. The third-order valence-corrected chi connectivity index (χ3v) is 2.77. The summed E-state index contributed by atoms with van der Waals surface area (Å²) in [6.07, 6.45) is -3.23. The molecule has 1 aromatic carbocycles. The molecule has 0 atom stereocenters. The van der Waals surface area contributed by atoms with Crippen molar-refractivity contribution in [2.24, 2.45) is 0 Å². The van der Waals surface area contributed by atoms with Crippen molar-refractivity contribution in [2.75, 3.05) is 7.11 Å². The normalized spacial score (nSPS) is 11.4. The van der Waals surface area contributed by atoms with Crippen LogP contribution in [0.25, 0.3) is 0 Å². The molecule has 1 heterocycles. The number of methoxy groups -OCH3 is 1. The predicted molar refractivity (Wildman–Crippen MR) is 64.2 cm³/mol. The van der Waals surface area contributed by atoms with Gasteiger partial charge < -0.3 is 4.74 Å². The Morgan fingerprint density at radius 1 is 1.30 bits per heavy atom. The monoisotopic (exact) mass is 284 g/mol. The average molecular weight is 284 g/mol. The molecule has 0 saturated carbocycles. The summed E-state index contributed by atoms with van der Waals surface area (Å²) in [5.74, 6) is -0.490. The van der Waals surface area contributed by atoms with Gasteiger partial charge >= 0.3 is 12.1 Å². The molecule has 4 nitrogen and oxygen atoms in total. The molecule has 0 fully saturated rings. The number of ether oxygens (including phenoxy) is 1. The zero-order chi connectivity index (χ0) is 14.8. The van der Waals surface area contributed by atoms with E-state index in [0.717, 1.165) is 6.20 Å². The molecule has 0 aliphatic heterocycles. The van der Waals surface area contributed by atoms with Crippen molar-refractivity contribution in [1.29, 1.82) is 0 Å². The number of H-pyrrole nitrogens is 1. The van der Waals surface area contributed by atoms with Gasteiger partial charge in [-0.25, -0.2) is 4.79 Å². The number of aromatic amines is 1. The van der Waals surface area contributed by atoms with E-state index >= 15 is 0 Å². The number of carbonyl (C=O) groups excluding carboxylic acids is 1. The Morgan fingerprint density at radius 3 is 2.50 bits per heavy atom. The highest BCUT2D eigenvalue weighted by Gasteiger charge is 2.35. The predicted octanol–water partition coefficient (Wildman–Crippen LogP) is 2.81. The highest BCUT2D eigenvalue weighted by atomic mass is 19.4. The summed E-state index contributed by atoms with van der Waals surface area (Å²) in [6, 6.07) is 6.18. The Bertz CT molecular complexity index is 603. The van der Waals surface area contributed by atoms with Crippen LogP contribution in [0.5, 0.6) is 0 Å². The van der Waals surface area contributed by atoms with Gasteiger partial charge in [0.25, 0.3) is 0 Å². The molecule has 1 aromatic heterocycles. The van der Waals surface area contributed by atoms with Crippen LogP contribution in [0.3, 0.4) is 0 Å². The number of hydrogen-bond acceptors (Lipinski definition) is 3. The number of hydrogen-bond donors (Lipinski definition) is 1. The summed E-state index contributed by atoms with van der Waals surface area (Å²) in [7, 11) is 1.26. The number of aromatic nitrogens is 2. The Kier molecular flexibility index (Phi) is 3.78. The fraction of sp³-hybridized carbons (Fsp3) is 0.231. The van der Waals surface area contributed by atoms with Gasteiger partial charge in [0.05, 0.1) is 18.9 Å². The van der Waals surface area contributed by atoms with Crippen LogP contribution in [0.15, 0.2) is 30.5 Å². The van der Waals surface area contributed by atoms with Crippen molar-refractivity contribution in [3.8, 4) is 0 Å². The van der Waals surface area contributed by atoms with Crippen molar-refractivity contribution in [1.82, 2.24) is 10.2 Å². The van der Waals surface area contributed by atoms with Crippen molar-refractivity contribution >= 4 is 5.97 Å². The average Bonchev–Trinajstić information content (AvgIpc) is 2.87. The molecule has 0 aliphatic rings. The first-order valence-electron chi connectivity index (χ1n) is 5.68. The van der Waals surface area contributed by atoms with E-state index in [2.05, 4.69) is 9.84 Å². The van der Waals surface area contributed by atoms with E-state index in [9.17, 15) is 18.0 Å². The largest absolute Gasteiger partial charge is 0.465 e. The number of rotatable bonds is 3. The second-order valence-electron chi connectivity index (χ2n) is 4.13. The summed E-state index contributed by atoms with van der Waals surface area (Å²) in [4.78, 5) is 11.2. The molecular weight excluding hydrogens is 273 g/mol. The Morgan fingerprint density at radius 2 is 1.95 bits per heavy atom. The number of benzene rings is 1. The van der Waals surface area contributed by atoms with Crippen LogP contribution in [0, 0.1) is 0 Å². The molecule has 0 spiro atoms. The molecule has 0 unspecified atom stereocenters. The number of nitrogens with one attached hydrogen (secondary N) is 1. The van der Waals surface area contributed by atoms with Gasteiger partial charge in [0.15, 0.2) is 0 Å². The first-order chi connectivity index (χ1) is 9.41. The maximum absolute atomic E-state index is 12.7. The third-order valence-electron chi connectivity index (χ3n) is 2.77. The van der Waals surface area contributed by atoms with E-state index in [1.165, 1.54) is 19.2 Å². The minimum Gasteiger partial charge on any atom is -0.465 e. The molecule has 0 amide bonds. The van der Waals surface area contributed by atoms with Crippen LogP contribution in [0.1, 0.15) is 27.2 Å². The third kappa shape index (κ3) is 2.98. The number of nitrogens with zero attached hydrogens (tertiary/aromatic N) is 1. The zero-order valence-electron chi connectivity index (χ0n) is 10.5. The van der Waals surface area contributed by atoms with Crippen molar-refractivity contribution < 1.29 is 22.7 Å². The maximum Gasteiger partial charge on any atom is 0.433 e. The van der Waals surface area contributed by atoms with Crippen LogP contribution in [0.4, 0.5) is 13.2 Å². The summed E-state index contributed by atoms with van der Waals surface area (Å²) in [6.45, 7) is 0. The molecule has 106 valence electrons. The first kappa shape index (κ1) is 14.1. The molecule has 0 saturated heterocycles. The number of halogens is 3. The van der Waals surface area contributed by atoms with Crippen molar-refractivity contribution in [2.45, 2.75) is 12.6 Å². The smallest absolute Gasteiger partial charge is 0.433 e. The van der Waals surface area contributed by atoms with Gasteiger partial charge in [-0.2, -0.15) is 18.3 Å². The van der Waals surface area contributed by atoms with Gasteiger partial charge in [0.2, 0.25) is 0 Å². The fourth-order valence-electron chi connectivity index (χ4n) is 1.79. The van der Waals surface area contributed by atoms with Crippen LogP contribution in [-0.4, -0.2) is 23.3 Å². The Labute approximate surface area is 112 Å². The molecule has 2 rings (SSSR count). The van der Waals surface area contributed by atoms with E-state index < -0.39 is 17.8 Å². The zero-order valence-corrected chi connectivity index (χ0v) is 10.5. The van der Waals surface area contributed by atoms with Crippen molar-refractivity contribution in [3.05, 3.63) is 52.8 Å². The molecule has 20 heavy (non-hydrogen) atoms. The molecule has 2 aromatic rings. The van der Waals surface area contributed by atoms with Gasteiger partial charge in [-0.3, -0.25) is 5.10 Å². The van der Waals surface area contributed by atoms with Crippen molar-refractivity contribution in [3.63, 3.8) is 0 Å². The standard InChI is InChI=1S/C13H11F3N2O2/c1-20-12(19)9-4-2-8(3-5-9)6-10-7-17-18-11(10)13(14,15)16/h2-5,7H,6H2,1H3,(H,17,18). The second kappa shape index (κ2) is 5.36. The number of alkyl halides is 3. The highest BCUT2D eigenvalue weighted by molar-refractivity contribution is 5.89. The van der Waals surface area contributed by atoms with Crippen LogP contribution < -0.4 is 0 Å². The van der Waals surface area contributed by atoms with Gasteiger partial charge in [-0.15, -0.1) is 0 Å². The Balaban J connectivity index is 2.19. The molecule has 0 radical (unpaired) electrons. The quantitative estimate of drug-likeness (QED) is 0.882. The molecule has 1 N–H and O–H groups in total. The number of carbonyl (C=O) groups is 1. The second-order valence-corrected chi connectivity index (χ2v) is 4.13. The SMILES string of the molecule is COC(=O)c1ccc(Cc2cn[nH]c2C(F)(F)F)cc1. The van der Waals surface area contributed by atoms with Crippen LogP contribution in [0.2, 0.25) is 0 Å². The van der Waals surface area contributed by atoms with Gasteiger partial charge in [0.1, 0.15) is 5.69 Å². The van der Waals surface area contributed by atoms with E-state index in [-0.39, 0.29) is 12.0 Å². The Hall–Kier alpha value is -2.31. The molecule has 0 aliphatic carbocycles. The summed E-state index contributed by atoms with van der Waals surface area (Å²) >= 11 is 0. The minimum atomic E-state index is -4.46. The van der Waals surface area contributed by atoms with E-state index in [4.69, 9.17) is 0 Å².